The molecule has 196 valence electrons. The number of carbonyl (C=O) groups excluding carboxylic acids is 1. The molecule has 1 fully saturated rings. The first-order valence-corrected chi connectivity index (χ1v) is 14.6. The molecule has 5 aromatic rings. The Kier molecular flexibility index (Phi) is 7.38. The average molecular weight is 554 g/mol. The number of thiazole rings is 1. The largest absolute Gasteiger partial charge is 0.368 e. The van der Waals surface area contributed by atoms with Gasteiger partial charge in [-0.3, -0.25) is 14.3 Å². The highest BCUT2D eigenvalue weighted by Crippen LogP contribution is 2.30. The Balaban J connectivity index is 1.13. The van der Waals surface area contributed by atoms with Crippen molar-refractivity contribution in [2.24, 2.45) is 0 Å². The molecule has 0 unspecified atom stereocenters. The van der Waals surface area contributed by atoms with E-state index in [1.807, 2.05) is 57.3 Å². The Morgan fingerprint density at radius 2 is 1.74 bits per heavy atom. The zero-order valence-corrected chi connectivity index (χ0v) is 23.1. The van der Waals surface area contributed by atoms with Gasteiger partial charge in [-0.15, -0.1) is 21.5 Å². The number of hydrogen-bond donors (Lipinski definition) is 0. The molecule has 0 N–H and O–H groups in total. The SMILES string of the molecule is Cc1ccccc1N1CCN(C(=O)c2csc(CSc3nnc(-c4cccnc4)n3-c3ccccc3)n2)CC1. The van der Waals surface area contributed by atoms with Crippen LogP contribution in [0.3, 0.4) is 0 Å². The van der Waals surface area contributed by atoms with Crippen molar-refractivity contribution in [3.05, 3.63) is 101 Å². The van der Waals surface area contributed by atoms with Gasteiger partial charge < -0.3 is 9.80 Å². The minimum absolute atomic E-state index is 0.00162. The van der Waals surface area contributed by atoms with Crippen molar-refractivity contribution in [2.75, 3.05) is 31.1 Å². The van der Waals surface area contributed by atoms with Gasteiger partial charge in [0.1, 0.15) is 10.7 Å². The smallest absolute Gasteiger partial charge is 0.273 e. The number of piperazine rings is 1. The van der Waals surface area contributed by atoms with Gasteiger partial charge in [0, 0.05) is 60.9 Å². The summed E-state index contributed by atoms with van der Waals surface area (Å²) < 4.78 is 2.04. The molecule has 0 radical (unpaired) electrons. The maximum Gasteiger partial charge on any atom is 0.273 e. The zero-order valence-electron chi connectivity index (χ0n) is 21.5. The second-order valence-electron chi connectivity index (χ2n) is 9.20. The van der Waals surface area contributed by atoms with Gasteiger partial charge in [-0.2, -0.15) is 0 Å². The Bertz CT molecular complexity index is 1560. The van der Waals surface area contributed by atoms with Crippen molar-refractivity contribution < 1.29 is 4.79 Å². The second-order valence-corrected chi connectivity index (χ2v) is 11.1. The fourth-order valence-electron chi connectivity index (χ4n) is 4.69. The van der Waals surface area contributed by atoms with E-state index in [1.165, 1.54) is 22.6 Å². The number of amides is 1. The molecule has 39 heavy (non-hydrogen) atoms. The average Bonchev–Trinajstić information content (AvgIpc) is 3.64. The van der Waals surface area contributed by atoms with Crippen LogP contribution in [0.15, 0.2) is 89.7 Å². The van der Waals surface area contributed by atoms with Crippen LogP contribution < -0.4 is 4.90 Å². The lowest BCUT2D eigenvalue weighted by Gasteiger charge is -2.36. The summed E-state index contributed by atoms with van der Waals surface area (Å²) in [6.45, 7) is 5.14. The quantitative estimate of drug-likeness (QED) is 0.251. The van der Waals surface area contributed by atoms with E-state index in [0.717, 1.165) is 40.3 Å². The summed E-state index contributed by atoms with van der Waals surface area (Å²) >= 11 is 3.06. The van der Waals surface area contributed by atoms with Crippen LogP contribution in [-0.2, 0) is 5.75 Å². The summed E-state index contributed by atoms with van der Waals surface area (Å²) in [4.78, 5) is 26.4. The van der Waals surface area contributed by atoms with Gasteiger partial charge in [0.25, 0.3) is 5.91 Å². The molecular formula is C29H27N7OS2. The van der Waals surface area contributed by atoms with Crippen molar-refractivity contribution in [2.45, 2.75) is 17.8 Å². The van der Waals surface area contributed by atoms with E-state index in [2.05, 4.69) is 56.3 Å². The fourth-order valence-corrected chi connectivity index (χ4v) is 6.43. The number of anilines is 1. The van der Waals surface area contributed by atoms with E-state index in [-0.39, 0.29) is 5.91 Å². The number of thioether (sulfide) groups is 1. The van der Waals surface area contributed by atoms with Crippen LogP contribution in [0.5, 0.6) is 0 Å². The highest BCUT2D eigenvalue weighted by Gasteiger charge is 2.25. The molecular weight excluding hydrogens is 527 g/mol. The van der Waals surface area contributed by atoms with Crippen molar-refractivity contribution in [1.82, 2.24) is 29.6 Å². The molecule has 2 aromatic carbocycles. The number of rotatable bonds is 7. The van der Waals surface area contributed by atoms with Crippen molar-refractivity contribution in [3.63, 3.8) is 0 Å². The van der Waals surface area contributed by atoms with Crippen LogP contribution >= 0.6 is 23.1 Å². The first-order valence-electron chi connectivity index (χ1n) is 12.8. The van der Waals surface area contributed by atoms with E-state index < -0.39 is 0 Å². The van der Waals surface area contributed by atoms with Gasteiger partial charge in [-0.05, 0) is 42.8 Å². The molecule has 4 heterocycles. The van der Waals surface area contributed by atoms with Crippen LogP contribution in [0.25, 0.3) is 17.1 Å². The van der Waals surface area contributed by atoms with Gasteiger partial charge in [0.15, 0.2) is 11.0 Å². The number of aromatic nitrogens is 5. The Labute approximate surface area is 235 Å². The molecule has 0 atom stereocenters. The van der Waals surface area contributed by atoms with E-state index in [9.17, 15) is 4.79 Å². The van der Waals surface area contributed by atoms with Crippen LogP contribution in [0.2, 0.25) is 0 Å². The number of para-hydroxylation sites is 2. The highest BCUT2D eigenvalue weighted by molar-refractivity contribution is 7.98. The summed E-state index contributed by atoms with van der Waals surface area (Å²) in [5.74, 6) is 1.33. The summed E-state index contributed by atoms with van der Waals surface area (Å²) in [6.07, 6.45) is 3.53. The predicted molar refractivity (Wildman–Crippen MR) is 156 cm³/mol. The first kappa shape index (κ1) is 25.3. The molecule has 6 rings (SSSR count). The van der Waals surface area contributed by atoms with Crippen LogP contribution in [0.4, 0.5) is 5.69 Å². The number of nitrogens with zero attached hydrogens (tertiary/aromatic N) is 7. The second kappa shape index (κ2) is 11.4. The Hall–Kier alpha value is -4.02. The maximum absolute atomic E-state index is 13.2. The van der Waals surface area contributed by atoms with Crippen LogP contribution in [0.1, 0.15) is 21.1 Å². The molecule has 1 saturated heterocycles. The fraction of sp³-hybridized carbons (Fsp3) is 0.207. The third-order valence-corrected chi connectivity index (χ3v) is 8.66. The van der Waals surface area contributed by atoms with Gasteiger partial charge in [0.2, 0.25) is 0 Å². The molecule has 3 aromatic heterocycles. The predicted octanol–water partition coefficient (Wildman–Crippen LogP) is 5.35. The molecule has 8 nitrogen and oxygen atoms in total. The number of hydrogen-bond acceptors (Lipinski definition) is 8. The van der Waals surface area contributed by atoms with Crippen LogP contribution in [0, 0.1) is 6.92 Å². The topological polar surface area (TPSA) is 80.0 Å². The molecule has 0 bridgehead atoms. The molecule has 0 spiro atoms. The highest BCUT2D eigenvalue weighted by atomic mass is 32.2. The minimum Gasteiger partial charge on any atom is -0.368 e. The lowest BCUT2D eigenvalue weighted by Crippen LogP contribution is -2.49. The van der Waals surface area contributed by atoms with E-state index in [1.54, 1.807) is 24.2 Å². The lowest BCUT2D eigenvalue weighted by molar-refractivity contribution is 0.0741. The van der Waals surface area contributed by atoms with Gasteiger partial charge in [-0.1, -0.05) is 48.2 Å². The Morgan fingerprint density at radius 1 is 0.949 bits per heavy atom. The molecule has 0 saturated carbocycles. The third-order valence-electron chi connectivity index (χ3n) is 6.69. The molecule has 1 amide bonds. The summed E-state index contributed by atoms with van der Waals surface area (Å²) in [6, 6.07) is 22.3. The van der Waals surface area contributed by atoms with Crippen molar-refractivity contribution in [1.29, 1.82) is 0 Å². The van der Waals surface area contributed by atoms with Gasteiger partial charge in [-0.25, -0.2) is 4.98 Å². The third kappa shape index (κ3) is 5.43. The van der Waals surface area contributed by atoms with Crippen molar-refractivity contribution in [3.8, 4) is 17.1 Å². The number of pyridine rings is 1. The van der Waals surface area contributed by atoms with Gasteiger partial charge in [0.05, 0.1) is 5.75 Å². The Morgan fingerprint density at radius 3 is 2.51 bits per heavy atom. The number of carbonyl (C=O) groups is 1. The summed E-state index contributed by atoms with van der Waals surface area (Å²) in [7, 11) is 0. The minimum atomic E-state index is -0.00162. The monoisotopic (exact) mass is 553 g/mol. The van der Waals surface area contributed by atoms with E-state index in [0.29, 0.717) is 24.5 Å². The van der Waals surface area contributed by atoms with E-state index in [4.69, 9.17) is 0 Å². The first-order chi connectivity index (χ1) is 19.2. The zero-order chi connectivity index (χ0) is 26.6. The standard InChI is InChI=1S/C29H27N7OS2/c1-21-8-5-6-12-25(21)34-14-16-35(17-15-34)28(37)24-19-38-26(31-24)20-39-29-33-32-27(22-9-7-13-30-18-22)36(29)23-10-3-2-4-11-23/h2-13,18-19H,14-17,20H2,1H3. The van der Waals surface area contributed by atoms with Gasteiger partial charge >= 0.3 is 0 Å². The molecule has 1 aliphatic rings. The molecule has 10 heteroatoms. The summed E-state index contributed by atoms with van der Waals surface area (Å²) in [5, 5.41) is 12.5. The lowest BCUT2D eigenvalue weighted by atomic mass is 10.1. The molecule has 0 aliphatic carbocycles. The van der Waals surface area contributed by atoms with E-state index >= 15 is 0 Å². The number of benzene rings is 2. The normalized spacial score (nSPS) is 13.6. The molecule has 1 aliphatic heterocycles. The summed E-state index contributed by atoms with van der Waals surface area (Å²) in [5.41, 5.74) is 4.89. The van der Waals surface area contributed by atoms with Crippen LogP contribution in [-0.4, -0.2) is 61.7 Å². The van der Waals surface area contributed by atoms with Crippen molar-refractivity contribution >= 4 is 34.7 Å². The maximum atomic E-state index is 13.2. The number of aryl methyl sites for hydroxylation is 1.